The van der Waals surface area contributed by atoms with Gasteiger partial charge in [-0.25, -0.2) is 4.79 Å². The fourth-order valence-corrected chi connectivity index (χ4v) is 3.58. The molecule has 4 amide bonds. The van der Waals surface area contributed by atoms with E-state index in [1.165, 1.54) is 4.90 Å². The van der Waals surface area contributed by atoms with Crippen LogP contribution in [0.25, 0.3) is 0 Å². The summed E-state index contributed by atoms with van der Waals surface area (Å²) in [4.78, 5) is 47.9. The topological polar surface area (TPSA) is 144 Å². The number of hydrogen-bond acceptors (Lipinski definition) is 7. The van der Waals surface area contributed by atoms with Crippen LogP contribution in [0, 0.1) is 11.8 Å². The zero-order chi connectivity index (χ0) is 24.3. The minimum Gasteiger partial charge on any atom is -0.465 e. The van der Waals surface area contributed by atoms with Crippen molar-refractivity contribution in [2.24, 2.45) is 0 Å². The number of carbonyl (C=O) groups excluding carboxylic acids is 3. The van der Waals surface area contributed by atoms with Crippen molar-refractivity contribution >= 4 is 23.8 Å². The lowest BCUT2D eigenvalue weighted by Crippen LogP contribution is -2.52. The number of hydrogen-bond donors (Lipinski definition) is 3. The van der Waals surface area contributed by atoms with E-state index in [1.807, 2.05) is 6.07 Å². The minimum absolute atomic E-state index is 0.213. The van der Waals surface area contributed by atoms with E-state index in [2.05, 4.69) is 22.5 Å². The maximum atomic E-state index is 12.7. The number of piperidine rings is 1. The molecule has 11 heteroatoms. The van der Waals surface area contributed by atoms with Crippen LogP contribution in [0.1, 0.15) is 34.3 Å². The Balaban J connectivity index is 1.33. The minimum atomic E-state index is -1.08. The molecule has 11 nitrogen and oxygen atoms in total. The Hall–Kier alpha value is -3.46. The number of fused-ring (bicyclic) bond motifs is 1. The fraction of sp³-hybridized carbons (Fsp3) is 0.478. The predicted molar refractivity (Wildman–Crippen MR) is 118 cm³/mol. The van der Waals surface area contributed by atoms with E-state index < -0.39 is 18.0 Å². The number of benzene rings is 1. The smallest absolute Gasteiger partial charge is 0.404 e. The Morgan fingerprint density at radius 1 is 1.12 bits per heavy atom. The van der Waals surface area contributed by atoms with Gasteiger partial charge in [-0.05, 0) is 30.2 Å². The molecule has 1 aromatic rings. The first-order valence-corrected chi connectivity index (χ1v) is 10.9. The summed E-state index contributed by atoms with van der Waals surface area (Å²) in [5, 5.41) is 12.9. The number of imide groups is 1. The standard InChI is InChI=1S/C23H27N3O8/c27-20-6-5-19(21(28)25-20)26-15-17-14-16(3-4-18(17)22(26)29)2-1-8-32-10-12-34-13-11-33-9-7-24-23(30)31/h3-4,14,19,24H,5-13,15H2,(H,30,31)(H,25,27,28). The lowest BCUT2D eigenvalue weighted by molar-refractivity contribution is -0.136. The predicted octanol–water partition coefficient (Wildman–Crippen LogP) is 0.117. The molecule has 0 spiro atoms. The van der Waals surface area contributed by atoms with Crippen LogP contribution in [0.5, 0.6) is 0 Å². The second-order valence-corrected chi connectivity index (χ2v) is 7.58. The number of carbonyl (C=O) groups is 4. The van der Waals surface area contributed by atoms with E-state index in [-0.39, 0.29) is 38.0 Å². The molecule has 0 radical (unpaired) electrons. The highest BCUT2D eigenvalue weighted by Gasteiger charge is 2.38. The fourth-order valence-electron chi connectivity index (χ4n) is 3.58. The molecule has 182 valence electrons. The third-order valence-electron chi connectivity index (χ3n) is 5.20. The first-order valence-electron chi connectivity index (χ1n) is 10.9. The monoisotopic (exact) mass is 473 g/mol. The van der Waals surface area contributed by atoms with Crippen LogP contribution < -0.4 is 10.6 Å². The summed E-state index contributed by atoms with van der Waals surface area (Å²) in [5.74, 6) is 4.96. The van der Waals surface area contributed by atoms with Gasteiger partial charge < -0.3 is 29.5 Å². The molecule has 34 heavy (non-hydrogen) atoms. The van der Waals surface area contributed by atoms with Crippen LogP contribution in [0.2, 0.25) is 0 Å². The largest absolute Gasteiger partial charge is 0.465 e. The van der Waals surface area contributed by atoms with Gasteiger partial charge in [0.1, 0.15) is 12.6 Å². The van der Waals surface area contributed by atoms with E-state index in [9.17, 15) is 19.2 Å². The van der Waals surface area contributed by atoms with E-state index in [0.29, 0.717) is 45.0 Å². The van der Waals surface area contributed by atoms with Gasteiger partial charge in [0.25, 0.3) is 5.91 Å². The first kappa shape index (κ1) is 25.2. The summed E-state index contributed by atoms with van der Waals surface area (Å²) >= 11 is 0. The van der Waals surface area contributed by atoms with E-state index in [1.54, 1.807) is 12.1 Å². The molecule has 1 fully saturated rings. The van der Waals surface area contributed by atoms with Gasteiger partial charge >= 0.3 is 6.09 Å². The van der Waals surface area contributed by atoms with Crippen molar-refractivity contribution in [3.05, 3.63) is 34.9 Å². The van der Waals surface area contributed by atoms with Gasteiger partial charge in [0.15, 0.2) is 0 Å². The molecule has 2 aliphatic rings. The highest BCUT2D eigenvalue weighted by atomic mass is 16.5. The highest BCUT2D eigenvalue weighted by molar-refractivity contribution is 6.05. The molecular weight excluding hydrogens is 446 g/mol. The van der Waals surface area contributed by atoms with Crippen molar-refractivity contribution in [3.63, 3.8) is 0 Å². The molecular formula is C23H27N3O8. The van der Waals surface area contributed by atoms with Gasteiger partial charge in [0.05, 0.1) is 33.0 Å². The van der Waals surface area contributed by atoms with Gasteiger partial charge in [0, 0.05) is 30.6 Å². The SMILES string of the molecule is O=C(O)NCCOCCOCCOCC#Cc1ccc2c(c1)CN(C1CCC(=O)NC1=O)C2=O. The Morgan fingerprint density at radius 3 is 2.59 bits per heavy atom. The van der Waals surface area contributed by atoms with Crippen LogP contribution in [0.3, 0.4) is 0 Å². The molecule has 1 unspecified atom stereocenters. The second kappa shape index (κ2) is 12.7. The normalized spacial score (nSPS) is 17.1. The highest BCUT2D eigenvalue weighted by Crippen LogP contribution is 2.28. The van der Waals surface area contributed by atoms with Crippen molar-refractivity contribution in [1.82, 2.24) is 15.5 Å². The molecule has 0 aliphatic carbocycles. The molecule has 1 atom stereocenters. The van der Waals surface area contributed by atoms with E-state index in [0.717, 1.165) is 11.1 Å². The molecule has 3 N–H and O–H groups in total. The van der Waals surface area contributed by atoms with Crippen molar-refractivity contribution < 1.29 is 38.5 Å². The molecule has 1 aromatic carbocycles. The quantitative estimate of drug-likeness (QED) is 0.234. The van der Waals surface area contributed by atoms with Crippen LogP contribution >= 0.6 is 0 Å². The average molecular weight is 473 g/mol. The summed E-state index contributed by atoms with van der Waals surface area (Å²) < 4.78 is 15.9. The van der Waals surface area contributed by atoms with Gasteiger partial charge in [-0.1, -0.05) is 11.8 Å². The van der Waals surface area contributed by atoms with Crippen molar-refractivity contribution in [2.45, 2.75) is 25.4 Å². The van der Waals surface area contributed by atoms with Crippen molar-refractivity contribution in [3.8, 4) is 11.8 Å². The molecule has 1 saturated heterocycles. The van der Waals surface area contributed by atoms with Gasteiger partial charge in [0.2, 0.25) is 11.8 Å². The summed E-state index contributed by atoms with van der Waals surface area (Å²) in [7, 11) is 0. The van der Waals surface area contributed by atoms with E-state index >= 15 is 0 Å². The Labute approximate surface area is 196 Å². The van der Waals surface area contributed by atoms with Crippen molar-refractivity contribution in [1.29, 1.82) is 0 Å². The lowest BCUT2D eigenvalue weighted by Gasteiger charge is -2.29. The van der Waals surface area contributed by atoms with Gasteiger partial charge in [-0.15, -0.1) is 0 Å². The zero-order valence-corrected chi connectivity index (χ0v) is 18.6. The molecule has 2 heterocycles. The second-order valence-electron chi connectivity index (χ2n) is 7.58. The third kappa shape index (κ3) is 7.28. The molecule has 3 rings (SSSR count). The number of rotatable bonds is 11. The van der Waals surface area contributed by atoms with Crippen LogP contribution in [0.4, 0.5) is 4.79 Å². The number of ether oxygens (including phenoxy) is 3. The lowest BCUT2D eigenvalue weighted by atomic mass is 10.0. The van der Waals surface area contributed by atoms with Crippen molar-refractivity contribution in [2.75, 3.05) is 46.2 Å². The maximum Gasteiger partial charge on any atom is 0.404 e. The van der Waals surface area contributed by atoms with Gasteiger partial charge in [-0.3, -0.25) is 19.7 Å². The zero-order valence-electron chi connectivity index (χ0n) is 18.6. The number of amides is 4. The Morgan fingerprint density at radius 2 is 1.85 bits per heavy atom. The summed E-state index contributed by atoms with van der Waals surface area (Å²) in [6.07, 6.45) is -0.531. The van der Waals surface area contributed by atoms with Crippen LogP contribution in [0.15, 0.2) is 18.2 Å². The summed E-state index contributed by atoms with van der Waals surface area (Å²) in [6.45, 7) is 2.55. The van der Waals surface area contributed by atoms with Crippen LogP contribution in [-0.4, -0.2) is 86.0 Å². The first-order chi connectivity index (χ1) is 16.5. The molecule has 0 aromatic heterocycles. The average Bonchev–Trinajstić information content (AvgIpc) is 3.12. The number of nitrogens with zero attached hydrogens (tertiary/aromatic N) is 1. The van der Waals surface area contributed by atoms with E-state index in [4.69, 9.17) is 19.3 Å². The number of carboxylic acid groups (broad SMARTS) is 1. The third-order valence-corrected chi connectivity index (χ3v) is 5.20. The summed E-state index contributed by atoms with van der Waals surface area (Å²) in [5.41, 5.74) is 2.09. The molecule has 0 saturated carbocycles. The maximum absolute atomic E-state index is 12.7. The Kier molecular flexibility index (Phi) is 9.40. The Bertz CT molecular complexity index is 984. The van der Waals surface area contributed by atoms with Gasteiger partial charge in [-0.2, -0.15) is 0 Å². The number of nitrogens with one attached hydrogen (secondary N) is 2. The molecule has 2 aliphatic heterocycles. The van der Waals surface area contributed by atoms with Crippen LogP contribution in [-0.2, 0) is 30.3 Å². The molecule has 0 bridgehead atoms. The summed E-state index contributed by atoms with van der Waals surface area (Å²) in [6, 6.07) is 4.67.